The van der Waals surface area contributed by atoms with Crippen LogP contribution in [0.25, 0.3) is 0 Å². The van der Waals surface area contributed by atoms with Gasteiger partial charge < -0.3 is 0 Å². The van der Waals surface area contributed by atoms with Crippen LogP contribution in [-0.2, 0) is 6.54 Å². The summed E-state index contributed by atoms with van der Waals surface area (Å²) in [6.07, 6.45) is 5.61. The van der Waals surface area contributed by atoms with Crippen LogP contribution in [0.3, 0.4) is 0 Å². The third-order valence-corrected chi connectivity index (χ3v) is 1.84. The van der Waals surface area contributed by atoms with Gasteiger partial charge in [-0.05, 0) is 24.6 Å². The number of pyridine rings is 1. The second kappa shape index (κ2) is 3.39. The topological polar surface area (TPSA) is 30.7 Å². The van der Waals surface area contributed by atoms with Crippen LogP contribution in [0.5, 0.6) is 0 Å². The number of nitrogens with zero attached hydrogens (tertiary/aromatic N) is 3. The summed E-state index contributed by atoms with van der Waals surface area (Å²) < 4.78 is 1.91. The summed E-state index contributed by atoms with van der Waals surface area (Å²) in [7, 11) is 0. The van der Waals surface area contributed by atoms with E-state index in [1.165, 1.54) is 5.56 Å². The lowest BCUT2D eigenvalue weighted by atomic mass is 10.3. The van der Waals surface area contributed by atoms with Crippen LogP contribution in [0, 0.1) is 6.92 Å². The Morgan fingerprint density at radius 3 is 2.92 bits per heavy atom. The normalized spacial score (nSPS) is 10.2. The van der Waals surface area contributed by atoms with Gasteiger partial charge in [0.1, 0.15) is 0 Å². The molecule has 0 fully saturated rings. The molecule has 2 aromatic rings. The predicted molar refractivity (Wildman–Crippen MR) is 50.3 cm³/mol. The average Bonchev–Trinajstić information content (AvgIpc) is 2.53. The van der Waals surface area contributed by atoms with Crippen molar-refractivity contribution in [2.75, 3.05) is 0 Å². The van der Waals surface area contributed by atoms with Crippen molar-refractivity contribution in [3.8, 4) is 0 Å². The molecule has 0 atom stereocenters. The fourth-order valence-corrected chi connectivity index (χ4v) is 1.23. The maximum absolute atomic E-state index is 4.29. The zero-order chi connectivity index (χ0) is 9.10. The molecule has 0 aromatic carbocycles. The molecule has 2 rings (SSSR count). The number of aromatic nitrogens is 3. The van der Waals surface area contributed by atoms with E-state index in [0.29, 0.717) is 0 Å². The molecule has 0 unspecified atom stereocenters. The van der Waals surface area contributed by atoms with E-state index in [2.05, 4.69) is 10.1 Å². The molecular formula is C10H11N3. The second-order valence-corrected chi connectivity index (χ2v) is 3.02. The lowest BCUT2D eigenvalue weighted by Gasteiger charge is -1.99. The molecule has 3 nitrogen and oxygen atoms in total. The molecule has 2 aromatic heterocycles. The first kappa shape index (κ1) is 7.98. The molecule has 0 N–H and O–H groups in total. The summed E-state index contributed by atoms with van der Waals surface area (Å²) >= 11 is 0. The minimum atomic E-state index is 0.793. The Morgan fingerprint density at radius 1 is 1.38 bits per heavy atom. The third-order valence-electron chi connectivity index (χ3n) is 1.84. The van der Waals surface area contributed by atoms with Gasteiger partial charge in [-0.2, -0.15) is 5.10 Å². The van der Waals surface area contributed by atoms with Gasteiger partial charge in [0.2, 0.25) is 0 Å². The van der Waals surface area contributed by atoms with Crippen LogP contribution in [0.2, 0.25) is 0 Å². The molecule has 0 saturated heterocycles. The first-order valence-corrected chi connectivity index (χ1v) is 4.23. The van der Waals surface area contributed by atoms with Gasteiger partial charge >= 0.3 is 0 Å². The molecule has 2 heterocycles. The number of hydrogen-bond acceptors (Lipinski definition) is 2. The van der Waals surface area contributed by atoms with Crippen molar-refractivity contribution in [2.24, 2.45) is 0 Å². The van der Waals surface area contributed by atoms with Crippen LogP contribution < -0.4 is 0 Å². The van der Waals surface area contributed by atoms with Crippen molar-refractivity contribution < 1.29 is 0 Å². The van der Waals surface area contributed by atoms with E-state index < -0.39 is 0 Å². The predicted octanol–water partition coefficient (Wildman–Crippen LogP) is 1.63. The van der Waals surface area contributed by atoms with E-state index >= 15 is 0 Å². The summed E-state index contributed by atoms with van der Waals surface area (Å²) in [5, 5.41) is 4.29. The molecule has 0 amide bonds. The van der Waals surface area contributed by atoms with Gasteiger partial charge in [-0.25, -0.2) is 0 Å². The smallest absolute Gasteiger partial charge is 0.0674 e. The first-order chi connectivity index (χ1) is 6.34. The van der Waals surface area contributed by atoms with Crippen LogP contribution in [0.15, 0.2) is 36.8 Å². The molecule has 0 bridgehead atoms. The Bertz CT molecular complexity index is 378. The molecule has 0 aliphatic heterocycles. The minimum absolute atomic E-state index is 0.793. The third kappa shape index (κ3) is 1.93. The quantitative estimate of drug-likeness (QED) is 0.691. The summed E-state index contributed by atoms with van der Waals surface area (Å²) in [6.45, 7) is 2.78. The summed E-state index contributed by atoms with van der Waals surface area (Å²) in [6, 6.07) is 5.98. The Balaban J connectivity index is 2.15. The molecular weight excluding hydrogens is 162 g/mol. The van der Waals surface area contributed by atoms with Gasteiger partial charge in [-0.3, -0.25) is 9.67 Å². The van der Waals surface area contributed by atoms with E-state index in [-0.39, 0.29) is 0 Å². The van der Waals surface area contributed by atoms with Crippen LogP contribution >= 0.6 is 0 Å². The van der Waals surface area contributed by atoms with E-state index in [9.17, 15) is 0 Å². The van der Waals surface area contributed by atoms with E-state index in [1.807, 2.05) is 42.2 Å². The maximum Gasteiger partial charge on any atom is 0.0674 e. The lowest BCUT2D eigenvalue weighted by molar-refractivity contribution is 0.677. The van der Waals surface area contributed by atoms with Crippen molar-refractivity contribution >= 4 is 0 Å². The highest BCUT2D eigenvalue weighted by atomic mass is 15.3. The Hall–Kier alpha value is -1.64. The van der Waals surface area contributed by atoms with Crippen molar-refractivity contribution in [3.05, 3.63) is 48.0 Å². The Kier molecular flexibility index (Phi) is 2.08. The number of hydrogen-bond donors (Lipinski definition) is 0. The minimum Gasteiger partial charge on any atom is -0.268 e. The summed E-state index contributed by atoms with van der Waals surface area (Å²) in [4.78, 5) is 4.05. The number of aryl methyl sites for hydroxylation is 1. The van der Waals surface area contributed by atoms with Crippen molar-refractivity contribution in [1.82, 2.24) is 14.8 Å². The molecule has 66 valence electrons. The highest BCUT2D eigenvalue weighted by Crippen LogP contribution is 2.00. The first-order valence-electron chi connectivity index (χ1n) is 4.23. The fourth-order valence-electron chi connectivity index (χ4n) is 1.23. The van der Waals surface area contributed by atoms with Gasteiger partial charge in [-0.1, -0.05) is 6.07 Å². The maximum atomic E-state index is 4.29. The SMILES string of the molecule is Cc1ccn(Cc2cccnc2)n1. The molecule has 13 heavy (non-hydrogen) atoms. The average molecular weight is 173 g/mol. The van der Waals surface area contributed by atoms with Gasteiger partial charge in [0.05, 0.1) is 12.2 Å². The van der Waals surface area contributed by atoms with E-state index in [4.69, 9.17) is 0 Å². The van der Waals surface area contributed by atoms with E-state index in [1.54, 1.807) is 6.20 Å². The number of rotatable bonds is 2. The standard InChI is InChI=1S/C10H11N3/c1-9-4-6-13(12-9)8-10-3-2-5-11-7-10/h2-7H,8H2,1H3. The summed E-state index contributed by atoms with van der Waals surface area (Å²) in [5.41, 5.74) is 2.22. The molecule has 0 spiro atoms. The van der Waals surface area contributed by atoms with Crippen molar-refractivity contribution in [2.45, 2.75) is 13.5 Å². The molecule has 0 saturated carbocycles. The van der Waals surface area contributed by atoms with Crippen LogP contribution in [0.1, 0.15) is 11.3 Å². The molecule has 0 aliphatic carbocycles. The lowest BCUT2D eigenvalue weighted by Crippen LogP contribution is -2.00. The van der Waals surface area contributed by atoms with Crippen molar-refractivity contribution in [3.63, 3.8) is 0 Å². The fraction of sp³-hybridized carbons (Fsp3) is 0.200. The monoisotopic (exact) mass is 173 g/mol. The molecule has 3 heteroatoms. The zero-order valence-corrected chi connectivity index (χ0v) is 7.51. The highest BCUT2D eigenvalue weighted by Gasteiger charge is 1.95. The largest absolute Gasteiger partial charge is 0.268 e. The molecule has 0 aliphatic rings. The van der Waals surface area contributed by atoms with Gasteiger partial charge in [0, 0.05) is 18.6 Å². The molecule has 0 radical (unpaired) electrons. The Morgan fingerprint density at radius 2 is 2.31 bits per heavy atom. The van der Waals surface area contributed by atoms with Crippen LogP contribution in [0.4, 0.5) is 0 Å². The highest BCUT2D eigenvalue weighted by molar-refractivity contribution is 5.09. The van der Waals surface area contributed by atoms with Crippen LogP contribution in [-0.4, -0.2) is 14.8 Å². The zero-order valence-electron chi connectivity index (χ0n) is 7.51. The second-order valence-electron chi connectivity index (χ2n) is 3.02. The van der Waals surface area contributed by atoms with Gasteiger partial charge in [-0.15, -0.1) is 0 Å². The van der Waals surface area contributed by atoms with Crippen molar-refractivity contribution in [1.29, 1.82) is 0 Å². The summed E-state index contributed by atoms with van der Waals surface area (Å²) in [5.74, 6) is 0. The Labute approximate surface area is 77.0 Å². The van der Waals surface area contributed by atoms with E-state index in [0.717, 1.165) is 12.2 Å². The van der Waals surface area contributed by atoms with Gasteiger partial charge in [0.25, 0.3) is 0 Å². The van der Waals surface area contributed by atoms with Gasteiger partial charge in [0.15, 0.2) is 0 Å².